The van der Waals surface area contributed by atoms with Crippen molar-refractivity contribution in [3.8, 4) is 0 Å². The Kier molecular flexibility index (Phi) is 11.4. The molecule has 0 aromatic heterocycles. The standard InChI is InChI=1S/C17H35N3O4/c1-13(2)12-14(19-16(22)24-17(3,4)5)15(21)20-23-11-9-7-6-8-10-18/h13-14H,6-12,18H2,1-5H3,(H,19,22)(H,20,21). The Morgan fingerprint density at radius 2 is 1.71 bits per heavy atom. The number of unbranched alkanes of at least 4 members (excludes halogenated alkanes) is 3. The zero-order valence-corrected chi connectivity index (χ0v) is 15.8. The van der Waals surface area contributed by atoms with Crippen molar-refractivity contribution < 1.29 is 19.2 Å². The predicted molar refractivity (Wildman–Crippen MR) is 94.2 cm³/mol. The predicted octanol–water partition coefficient (Wildman–Crippen LogP) is 2.49. The van der Waals surface area contributed by atoms with Crippen LogP contribution in [-0.2, 0) is 14.4 Å². The van der Waals surface area contributed by atoms with Crippen LogP contribution in [0.2, 0.25) is 0 Å². The molecule has 7 nitrogen and oxygen atoms in total. The third-order valence-electron chi connectivity index (χ3n) is 3.09. The molecule has 0 aliphatic rings. The molecule has 0 aromatic rings. The maximum absolute atomic E-state index is 12.2. The first-order valence-electron chi connectivity index (χ1n) is 8.77. The summed E-state index contributed by atoms with van der Waals surface area (Å²) in [4.78, 5) is 29.3. The average Bonchev–Trinajstić information content (AvgIpc) is 2.42. The third kappa shape index (κ3) is 13.1. The number of alkyl carbamates (subject to hydrolysis) is 1. The monoisotopic (exact) mass is 345 g/mol. The van der Waals surface area contributed by atoms with E-state index in [9.17, 15) is 9.59 Å². The molecule has 0 aliphatic carbocycles. The minimum Gasteiger partial charge on any atom is -0.444 e. The fourth-order valence-electron chi connectivity index (χ4n) is 2.02. The molecule has 2 amide bonds. The summed E-state index contributed by atoms with van der Waals surface area (Å²) in [6, 6.07) is -0.683. The number of carbonyl (C=O) groups excluding carboxylic acids is 2. The molecule has 0 heterocycles. The molecule has 0 aliphatic heterocycles. The van der Waals surface area contributed by atoms with Crippen LogP contribution in [0, 0.1) is 5.92 Å². The maximum Gasteiger partial charge on any atom is 0.408 e. The summed E-state index contributed by atoms with van der Waals surface area (Å²) in [5.41, 5.74) is 7.23. The van der Waals surface area contributed by atoms with E-state index in [4.69, 9.17) is 15.3 Å². The van der Waals surface area contributed by atoms with Crippen LogP contribution in [0.3, 0.4) is 0 Å². The second kappa shape index (κ2) is 12.1. The van der Waals surface area contributed by atoms with Crippen LogP contribution >= 0.6 is 0 Å². The second-order valence-electron chi connectivity index (χ2n) is 7.35. The minimum absolute atomic E-state index is 0.243. The van der Waals surface area contributed by atoms with Crippen molar-refractivity contribution in [3.63, 3.8) is 0 Å². The van der Waals surface area contributed by atoms with Crippen LogP contribution in [0.1, 0.15) is 66.7 Å². The molecule has 24 heavy (non-hydrogen) atoms. The third-order valence-corrected chi connectivity index (χ3v) is 3.09. The first kappa shape index (κ1) is 22.7. The van der Waals surface area contributed by atoms with Gasteiger partial charge in [0, 0.05) is 0 Å². The molecule has 0 aromatic carbocycles. The van der Waals surface area contributed by atoms with E-state index in [1.165, 1.54) is 0 Å². The molecule has 0 rings (SSSR count). The van der Waals surface area contributed by atoms with E-state index in [2.05, 4.69) is 10.8 Å². The first-order chi connectivity index (χ1) is 11.2. The van der Waals surface area contributed by atoms with E-state index in [1.807, 2.05) is 13.8 Å². The molecule has 142 valence electrons. The van der Waals surface area contributed by atoms with Gasteiger partial charge in [0.15, 0.2) is 0 Å². The highest BCUT2D eigenvalue weighted by Gasteiger charge is 2.25. The number of nitrogens with one attached hydrogen (secondary N) is 2. The van der Waals surface area contributed by atoms with E-state index < -0.39 is 17.7 Å². The van der Waals surface area contributed by atoms with E-state index in [-0.39, 0.29) is 11.8 Å². The Morgan fingerprint density at radius 1 is 1.08 bits per heavy atom. The van der Waals surface area contributed by atoms with Crippen LogP contribution in [0.15, 0.2) is 0 Å². The van der Waals surface area contributed by atoms with Crippen LogP contribution in [0.5, 0.6) is 0 Å². The number of hydroxylamine groups is 1. The van der Waals surface area contributed by atoms with Gasteiger partial charge < -0.3 is 15.8 Å². The van der Waals surface area contributed by atoms with Crippen molar-refractivity contribution in [2.75, 3.05) is 13.2 Å². The number of hydrogen-bond donors (Lipinski definition) is 3. The summed E-state index contributed by atoms with van der Waals surface area (Å²) >= 11 is 0. The zero-order valence-electron chi connectivity index (χ0n) is 15.8. The molecule has 0 saturated heterocycles. The number of rotatable bonds is 11. The molecule has 4 N–H and O–H groups in total. The summed E-state index contributed by atoms with van der Waals surface area (Å²) in [6.07, 6.45) is 3.83. The lowest BCUT2D eigenvalue weighted by atomic mass is 10.0. The van der Waals surface area contributed by atoms with Crippen molar-refractivity contribution in [2.45, 2.75) is 78.4 Å². The number of amides is 2. The van der Waals surface area contributed by atoms with Crippen LogP contribution in [0.4, 0.5) is 4.79 Å². The highest BCUT2D eigenvalue weighted by Crippen LogP contribution is 2.09. The Balaban J connectivity index is 4.23. The van der Waals surface area contributed by atoms with E-state index in [0.717, 1.165) is 25.7 Å². The van der Waals surface area contributed by atoms with E-state index in [1.54, 1.807) is 20.8 Å². The second-order valence-corrected chi connectivity index (χ2v) is 7.35. The van der Waals surface area contributed by atoms with Gasteiger partial charge in [0.25, 0.3) is 5.91 Å². The molecular formula is C17H35N3O4. The molecule has 0 saturated carbocycles. The zero-order chi connectivity index (χ0) is 18.6. The van der Waals surface area contributed by atoms with Gasteiger partial charge in [-0.2, -0.15) is 0 Å². The molecular weight excluding hydrogens is 310 g/mol. The molecule has 0 radical (unpaired) electrons. The van der Waals surface area contributed by atoms with Crippen LogP contribution in [0.25, 0.3) is 0 Å². The molecule has 1 atom stereocenters. The lowest BCUT2D eigenvalue weighted by Crippen LogP contribution is -2.48. The Hall–Kier alpha value is -1.34. The summed E-state index contributed by atoms with van der Waals surface area (Å²) in [5.74, 6) is -0.122. The summed E-state index contributed by atoms with van der Waals surface area (Å²) in [7, 11) is 0. The van der Waals surface area contributed by atoms with Gasteiger partial charge in [0.05, 0.1) is 6.61 Å². The Morgan fingerprint density at radius 3 is 2.25 bits per heavy atom. The first-order valence-corrected chi connectivity index (χ1v) is 8.77. The van der Waals surface area contributed by atoms with Crippen molar-refractivity contribution in [1.29, 1.82) is 0 Å². The average molecular weight is 345 g/mol. The minimum atomic E-state index is -0.683. The Labute approximate surface area is 146 Å². The SMILES string of the molecule is CC(C)CC(NC(=O)OC(C)(C)C)C(=O)NOCCCCCCN. The van der Waals surface area contributed by atoms with Gasteiger partial charge in [-0.1, -0.05) is 26.7 Å². The quantitative estimate of drug-likeness (QED) is 0.394. The topological polar surface area (TPSA) is 103 Å². The van der Waals surface area contributed by atoms with Gasteiger partial charge in [-0.3, -0.25) is 9.63 Å². The van der Waals surface area contributed by atoms with Crippen molar-refractivity contribution in [1.82, 2.24) is 10.8 Å². The van der Waals surface area contributed by atoms with Crippen molar-refractivity contribution in [3.05, 3.63) is 0 Å². The van der Waals surface area contributed by atoms with E-state index >= 15 is 0 Å². The maximum atomic E-state index is 12.2. The lowest BCUT2D eigenvalue weighted by Gasteiger charge is -2.24. The molecule has 7 heteroatoms. The highest BCUT2D eigenvalue weighted by atomic mass is 16.7. The van der Waals surface area contributed by atoms with E-state index in [0.29, 0.717) is 19.6 Å². The normalized spacial score (nSPS) is 12.8. The van der Waals surface area contributed by atoms with Crippen LogP contribution < -0.4 is 16.5 Å². The fourth-order valence-corrected chi connectivity index (χ4v) is 2.02. The summed E-state index contributed by atoms with van der Waals surface area (Å²) in [6.45, 7) is 10.4. The van der Waals surface area contributed by atoms with Crippen molar-refractivity contribution in [2.24, 2.45) is 11.7 Å². The van der Waals surface area contributed by atoms with Gasteiger partial charge in [-0.05, 0) is 52.5 Å². The molecule has 0 bridgehead atoms. The Bertz CT molecular complexity index is 367. The smallest absolute Gasteiger partial charge is 0.408 e. The largest absolute Gasteiger partial charge is 0.444 e. The summed E-state index contributed by atoms with van der Waals surface area (Å²) < 4.78 is 5.20. The number of hydrogen-bond acceptors (Lipinski definition) is 5. The van der Waals surface area contributed by atoms with Gasteiger partial charge in [0.1, 0.15) is 11.6 Å². The fraction of sp³-hybridized carbons (Fsp3) is 0.882. The molecule has 0 spiro atoms. The highest BCUT2D eigenvalue weighted by molar-refractivity contribution is 5.84. The summed E-state index contributed by atoms with van der Waals surface area (Å²) in [5, 5.41) is 2.61. The number of nitrogens with two attached hydrogens (primary N) is 1. The van der Waals surface area contributed by atoms with Gasteiger partial charge in [0.2, 0.25) is 0 Å². The number of ether oxygens (including phenoxy) is 1. The van der Waals surface area contributed by atoms with Crippen LogP contribution in [-0.4, -0.2) is 36.8 Å². The van der Waals surface area contributed by atoms with Gasteiger partial charge in [-0.15, -0.1) is 0 Å². The van der Waals surface area contributed by atoms with Gasteiger partial charge >= 0.3 is 6.09 Å². The number of carbonyl (C=O) groups is 2. The lowest BCUT2D eigenvalue weighted by molar-refractivity contribution is -0.136. The van der Waals surface area contributed by atoms with Gasteiger partial charge in [-0.25, -0.2) is 10.3 Å². The van der Waals surface area contributed by atoms with Crippen molar-refractivity contribution >= 4 is 12.0 Å². The molecule has 0 fully saturated rings. The molecule has 1 unspecified atom stereocenters.